The fourth-order valence-corrected chi connectivity index (χ4v) is 2.55. The monoisotopic (exact) mass is 402 g/mol. The third-order valence-corrected chi connectivity index (χ3v) is 4.00. The quantitative estimate of drug-likeness (QED) is 0.716. The number of carbonyl (C=O) groups excluding carboxylic acids is 3. The largest absolute Gasteiger partial charge is 0.486 e. The van der Waals surface area contributed by atoms with E-state index in [2.05, 4.69) is 10.6 Å². The van der Waals surface area contributed by atoms with Crippen molar-refractivity contribution in [3.05, 3.63) is 53.8 Å². The maximum Gasteiger partial charge on any atom is 0.326 e. The first kappa shape index (κ1) is 20.1. The van der Waals surface area contributed by atoms with Crippen LogP contribution in [0.15, 0.2) is 42.5 Å². The molecule has 0 saturated heterocycles. The molecule has 1 atom stereocenters. The van der Waals surface area contributed by atoms with Crippen molar-refractivity contribution < 1.29 is 33.0 Å². The number of ether oxygens (including phenoxy) is 3. The summed E-state index contributed by atoms with van der Waals surface area (Å²) >= 11 is 0. The zero-order valence-corrected chi connectivity index (χ0v) is 15.6. The van der Waals surface area contributed by atoms with Crippen molar-refractivity contribution in [1.29, 1.82) is 0 Å². The number of hydrogen-bond donors (Lipinski definition) is 2. The van der Waals surface area contributed by atoms with E-state index >= 15 is 0 Å². The molecule has 2 N–H and O–H groups in total. The minimum Gasteiger partial charge on any atom is -0.486 e. The molecular weight excluding hydrogens is 383 g/mol. The highest BCUT2D eigenvalue weighted by Crippen LogP contribution is 2.32. The van der Waals surface area contributed by atoms with E-state index in [-0.39, 0.29) is 5.56 Å². The van der Waals surface area contributed by atoms with Gasteiger partial charge in [0, 0.05) is 11.8 Å². The predicted molar refractivity (Wildman–Crippen MR) is 100 cm³/mol. The summed E-state index contributed by atoms with van der Waals surface area (Å²) in [7, 11) is 0. The van der Waals surface area contributed by atoms with Crippen molar-refractivity contribution in [3.8, 4) is 11.5 Å². The van der Waals surface area contributed by atoms with Crippen molar-refractivity contribution in [2.45, 2.75) is 13.0 Å². The van der Waals surface area contributed by atoms with Crippen LogP contribution in [0.25, 0.3) is 0 Å². The van der Waals surface area contributed by atoms with Crippen LogP contribution in [0.3, 0.4) is 0 Å². The number of nitrogens with one attached hydrogen (secondary N) is 2. The van der Waals surface area contributed by atoms with Crippen LogP contribution in [0, 0.1) is 5.82 Å². The highest BCUT2D eigenvalue weighted by Gasteiger charge is 2.20. The van der Waals surface area contributed by atoms with E-state index in [4.69, 9.17) is 14.2 Å². The topological polar surface area (TPSA) is 103 Å². The summed E-state index contributed by atoms with van der Waals surface area (Å²) < 4.78 is 29.4. The van der Waals surface area contributed by atoms with Crippen LogP contribution in [0.2, 0.25) is 0 Å². The summed E-state index contributed by atoms with van der Waals surface area (Å²) in [6.45, 7) is 1.76. The lowest BCUT2D eigenvalue weighted by Gasteiger charge is -2.19. The molecule has 29 heavy (non-hydrogen) atoms. The van der Waals surface area contributed by atoms with Crippen LogP contribution in [0.4, 0.5) is 10.1 Å². The smallest absolute Gasteiger partial charge is 0.326 e. The van der Waals surface area contributed by atoms with Crippen molar-refractivity contribution in [2.75, 3.05) is 25.1 Å². The van der Waals surface area contributed by atoms with E-state index in [0.717, 1.165) is 6.07 Å². The van der Waals surface area contributed by atoms with Crippen LogP contribution in [0.5, 0.6) is 11.5 Å². The van der Waals surface area contributed by atoms with Gasteiger partial charge in [-0.15, -0.1) is 0 Å². The Hall–Kier alpha value is -3.62. The molecule has 0 bridgehead atoms. The molecule has 0 saturated carbocycles. The zero-order chi connectivity index (χ0) is 20.8. The van der Waals surface area contributed by atoms with Gasteiger partial charge in [-0.3, -0.25) is 14.4 Å². The molecule has 2 aromatic rings. The summed E-state index contributed by atoms with van der Waals surface area (Å²) in [5, 5.41) is 4.86. The van der Waals surface area contributed by atoms with Crippen LogP contribution in [-0.4, -0.2) is 43.6 Å². The van der Waals surface area contributed by atoms with Gasteiger partial charge in [0.2, 0.25) is 0 Å². The third kappa shape index (κ3) is 5.22. The number of halogens is 1. The Morgan fingerprint density at radius 2 is 1.83 bits per heavy atom. The molecule has 0 radical (unpaired) electrons. The standard InChI is InChI=1S/C20H19FN2O6/c1-12(19(25)23-13-6-7-16-17(10-13)28-9-8-27-16)29-18(24)11-22-20(26)14-4-2-3-5-15(14)21/h2-7,10,12H,8-9,11H2,1H3,(H,22,26)(H,23,25)/t12-/m0/s1. The average molecular weight is 402 g/mol. The molecule has 0 fully saturated rings. The van der Waals surface area contributed by atoms with Crippen molar-refractivity contribution >= 4 is 23.5 Å². The van der Waals surface area contributed by atoms with Gasteiger partial charge in [-0.05, 0) is 31.2 Å². The summed E-state index contributed by atoms with van der Waals surface area (Å²) in [6.07, 6.45) is -1.11. The van der Waals surface area contributed by atoms with Crippen molar-refractivity contribution in [1.82, 2.24) is 5.32 Å². The van der Waals surface area contributed by atoms with Crippen LogP contribution < -0.4 is 20.1 Å². The molecule has 2 aromatic carbocycles. The second kappa shape index (κ2) is 9.05. The van der Waals surface area contributed by atoms with Gasteiger partial charge in [-0.1, -0.05) is 12.1 Å². The summed E-state index contributed by atoms with van der Waals surface area (Å²) in [5.41, 5.74) is 0.264. The Labute approximate surface area is 165 Å². The lowest BCUT2D eigenvalue weighted by atomic mass is 10.2. The highest BCUT2D eigenvalue weighted by molar-refractivity contribution is 5.97. The summed E-state index contributed by atoms with van der Waals surface area (Å²) in [6, 6.07) is 10.3. The van der Waals surface area contributed by atoms with Gasteiger partial charge in [-0.25, -0.2) is 4.39 Å². The fourth-order valence-electron chi connectivity index (χ4n) is 2.55. The molecule has 3 rings (SSSR count). The Morgan fingerprint density at radius 3 is 2.59 bits per heavy atom. The Kier molecular flexibility index (Phi) is 6.28. The first-order valence-electron chi connectivity index (χ1n) is 8.87. The minimum atomic E-state index is -1.11. The van der Waals surface area contributed by atoms with Gasteiger partial charge in [0.1, 0.15) is 25.6 Å². The second-order valence-corrected chi connectivity index (χ2v) is 6.14. The van der Waals surface area contributed by atoms with E-state index < -0.39 is 36.2 Å². The number of benzene rings is 2. The molecule has 0 unspecified atom stereocenters. The predicted octanol–water partition coefficient (Wildman–Crippen LogP) is 1.90. The Balaban J connectivity index is 1.48. The molecule has 0 aromatic heterocycles. The first-order valence-corrected chi connectivity index (χ1v) is 8.87. The van der Waals surface area contributed by atoms with Crippen LogP contribution in [0.1, 0.15) is 17.3 Å². The summed E-state index contributed by atoms with van der Waals surface area (Å²) in [5.74, 6) is -1.76. The zero-order valence-electron chi connectivity index (χ0n) is 15.6. The number of anilines is 1. The normalized spacial score (nSPS) is 13.2. The third-order valence-electron chi connectivity index (χ3n) is 4.00. The average Bonchev–Trinajstić information content (AvgIpc) is 2.72. The number of carbonyl (C=O) groups is 3. The minimum absolute atomic E-state index is 0.190. The Morgan fingerprint density at radius 1 is 1.10 bits per heavy atom. The lowest BCUT2D eigenvalue weighted by molar-refractivity contribution is -0.152. The molecule has 2 amide bonds. The van der Waals surface area contributed by atoms with Gasteiger partial charge in [0.05, 0.1) is 5.56 Å². The van der Waals surface area contributed by atoms with Crippen molar-refractivity contribution in [2.24, 2.45) is 0 Å². The summed E-state index contributed by atoms with van der Waals surface area (Å²) in [4.78, 5) is 36.0. The number of hydrogen-bond acceptors (Lipinski definition) is 6. The maximum absolute atomic E-state index is 13.5. The van der Waals surface area contributed by atoms with Crippen LogP contribution in [-0.2, 0) is 14.3 Å². The number of rotatable bonds is 6. The van der Waals surface area contributed by atoms with E-state index in [1.165, 1.54) is 25.1 Å². The molecule has 1 aliphatic heterocycles. The second-order valence-electron chi connectivity index (χ2n) is 6.14. The first-order chi connectivity index (χ1) is 13.9. The molecule has 9 heteroatoms. The molecule has 8 nitrogen and oxygen atoms in total. The van der Waals surface area contributed by atoms with Gasteiger partial charge < -0.3 is 24.8 Å². The Bertz CT molecular complexity index is 933. The lowest BCUT2D eigenvalue weighted by Crippen LogP contribution is -2.36. The number of esters is 1. The van der Waals surface area contributed by atoms with Gasteiger partial charge >= 0.3 is 5.97 Å². The van der Waals surface area contributed by atoms with Gasteiger partial charge in [0.15, 0.2) is 17.6 Å². The SMILES string of the molecule is C[C@H](OC(=O)CNC(=O)c1ccccc1F)C(=O)Nc1ccc2c(c1)OCCO2. The van der Waals surface area contributed by atoms with Crippen LogP contribution >= 0.6 is 0 Å². The molecule has 152 valence electrons. The van der Waals surface area contributed by atoms with E-state index in [1.807, 2.05) is 0 Å². The maximum atomic E-state index is 13.5. The van der Waals surface area contributed by atoms with E-state index in [9.17, 15) is 18.8 Å². The molecule has 1 heterocycles. The number of amides is 2. The van der Waals surface area contributed by atoms with Crippen molar-refractivity contribution in [3.63, 3.8) is 0 Å². The molecule has 0 aliphatic carbocycles. The molecule has 1 aliphatic rings. The number of fused-ring (bicyclic) bond motifs is 1. The van der Waals surface area contributed by atoms with E-state index in [0.29, 0.717) is 30.4 Å². The van der Waals surface area contributed by atoms with E-state index in [1.54, 1.807) is 18.2 Å². The fraction of sp³-hybridized carbons (Fsp3) is 0.250. The van der Waals surface area contributed by atoms with Gasteiger partial charge in [-0.2, -0.15) is 0 Å². The molecular formula is C20H19FN2O6. The molecule has 0 spiro atoms. The highest BCUT2D eigenvalue weighted by atomic mass is 19.1. The van der Waals surface area contributed by atoms with Gasteiger partial charge in [0.25, 0.3) is 11.8 Å².